The van der Waals surface area contributed by atoms with Gasteiger partial charge in [0, 0.05) is 11.6 Å². The van der Waals surface area contributed by atoms with Crippen molar-refractivity contribution in [2.24, 2.45) is 17.8 Å². The van der Waals surface area contributed by atoms with E-state index in [1.54, 1.807) is 6.07 Å². The van der Waals surface area contributed by atoms with Crippen LogP contribution in [0, 0.1) is 23.6 Å². The molecule has 0 heterocycles. The molecule has 0 radical (unpaired) electrons. The average molecular weight is 400 g/mol. The van der Waals surface area contributed by atoms with Crippen LogP contribution in [-0.4, -0.2) is 30.1 Å². The number of urea groups is 1. The van der Waals surface area contributed by atoms with Crippen LogP contribution < -0.4 is 10.6 Å². The first-order valence-electron chi connectivity index (χ1n) is 10.1. The molecule has 7 heteroatoms. The summed E-state index contributed by atoms with van der Waals surface area (Å²) in [5.74, 6) is 0.213. The van der Waals surface area contributed by atoms with Crippen molar-refractivity contribution >= 4 is 24.0 Å². The minimum absolute atomic E-state index is 0.191. The fourth-order valence-electron chi connectivity index (χ4n) is 5.66. The second-order valence-corrected chi connectivity index (χ2v) is 8.70. The second-order valence-electron chi connectivity index (χ2n) is 8.70. The highest BCUT2D eigenvalue weighted by molar-refractivity contribution is 5.96. The first kappa shape index (κ1) is 19.6. The van der Waals surface area contributed by atoms with E-state index in [0.29, 0.717) is 23.3 Å². The van der Waals surface area contributed by atoms with Crippen LogP contribution in [0.4, 0.5) is 9.18 Å². The molecule has 1 aromatic rings. The molecule has 4 bridgehead atoms. The predicted octanol–water partition coefficient (Wildman–Crippen LogP) is 3.18. The number of carbonyl (C=O) groups excluding carboxylic acids is 3. The second kappa shape index (κ2) is 7.97. The van der Waals surface area contributed by atoms with Crippen LogP contribution in [0.15, 0.2) is 30.3 Å². The van der Waals surface area contributed by atoms with Crippen molar-refractivity contribution in [2.75, 3.05) is 6.61 Å². The number of amides is 3. The maximum absolute atomic E-state index is 13.1. The molecule has 0 atom stereocenters. The van der Waals surface area contributed by atoms with Gasteiger partial charge >= 0.3 is 12.0 Å². The van der Waals surface area contributed by atoms with Gasteiger partial charge < -0.3 is 10.1 Å². The lowest BCUT2D eigenvalue weighted by molar-refractivity contribution is -0.143. The number of ether oxygens (including phenoxy) is 1. The van der Waals surface area contributed by atoms with Crippen molar-refractivity contribution in [1.82, 2.24) is 10.6 Å². The summed E-state index contributed by atoms with van der Waals surface area (Å²) in [5.41, 5.74) is 0.310. The average Bonchev–Trinajstić information content (AvgIpc) is 2.63. The van der Waals surface area contributed by atoms with Gasteiger partial charge in [-0.3, -0.25) is 10.1 Å². The number of esters is 1. The molecule has 5 rings (SSSR count). The minimum Gasteiger partial charge on any atom is -0.452 e. The van der Waals surface area contributed by atoms with E-state index in [-0.39, 0.29) is 5.54 Å². The molecule has 4 saturated carbocycles. The molecule has 4 aliphatic rings. The molecule has 1 aromatic carbocycles. The Morgan fingerprint density at radius 2 is 1.76 bits per heavy atom. The number of carbonyl (C=O) groups is 3. The Morgan fingerprint density at radius 1 is 1.10 bits per heavy atom. The van der Waals surface area contributed by atoms with Crippen molar-refractivity contribution < 1.29 is 23.5 Å². The molecule has 3 amide bonds. The summed E-state index contributed by atoms with van der Waals surface area (Å²) in [6.07, 6.45) is 9.25. The van der Waals surface area contributed by atoms with Crippen LogP contribution in [-0.2, 0) is 14.3 Å². The largest absolute Gasteiger partial charge is 0.452 e. The maximum Gasteiger partial charge on any atom is 0.331 e. The van der Waals surface area contributed by atoms with E-state index in [2.05, 4.69) is 10.6 Å². The van der Waals surface area contributed by atoms with Crippen molar-refractivity contribution in [3.05, 3.63) is 41.7 Å². The lowest BCUT2D eigenvalue weighted by Gasteiger charge is -2.56. The normalized spacial score (nSPS) is 29.6. The molecule has 0 aliphatic heterocycles. The highest BCUT2D eigenvalue weighted by atomic mass is 19.1. The van der Waals surface area contributed by atoms with Gasteiger partial charge in [-0.25, -0.2) is 14.0 Å². The molecular formula is C22H25FN2O4. The molecule has 0 aromatic heterocycles. The number of rotatable bonds is 5. The van der Waals surface area contributed by atoms with Gasteiger partial charge in [0.1, 0.15) is 5.82 Å². The number of hydrogen-bond donors (Lipinski definition) is 2. The van der Waals surface area contributed by atoms with Gasteiger partial charge in [-0.1, -0.05) is 12.1 Å². The monoisotopic (exact) mass is 400 g/mol. The summed E-state index contributed by atoms with van der Waals surface area (Å²) >= 11 is 0. The molecule has 6 nitrogen and oxygen atoms in total. The standard InChI is InChI=1S/C22H25FN2O4/c23-18-3-1-2-14(9-18)4-5-20(27)29-13-19(26)24-21(28)25-22-10-15-6-16(11-22)8-17(7-15)12-22/h1-5,9,15-17H,6-8,10-13H2,(H2,24,25,26,28)/b5-4+. The van der Waals surface area contributed by atoms with Crippen LogP contribution in [0.5, 0.6) is 0 Å². The quantitative estimate of drug-likeness (QED) is 0.587. The van der Waals surface area contributed by atoms with Gasteiger partial charge in [-0.15, -0.1) is 0 Å². The molecule has 0 saturated heterocycles. The Hall–Kier alpha value is -2.70. The van der Waals surface area contributed by atoms with Gasteiger partial charge in [-0.2, -0.15) is 0 Å². The Bertz CT molecular complexity index is 816. The molecule has 0 unspecified atom stereocenters. The zero-order valence-corrected chi connectivity index (χ0v) is 16.2. The van der Waals surface area contributed by atoms with Crippen molar-refractivity contribution in [3.8, 4) is 0 Å². The summed E-state index contributed by atoms with van der Waals surface area (Å²) in [5, 5.41) is 5.29. The number of imide groups is 1. The van der Waals surface area contributed by atoms with Gasteiger partial charge in [0.2, 0.25) is 0 Å². The third-order valence-corrected chi connectivity index (χ3v) is 6.28. The summed E-state index contributed by atoms with van der Waals surface area (Å²) in [4.78, 5) is 35.9. The Kier molecular flexibility index (Phi) is 5.39. The van der Waals surface area contributed by atoms with Crippen molar-refractivity contribution in [2.45, 2.75) is 44.1 Å². The van der Waals surface area contributed by atoms with E-state index in [9.17, 15) is 18.8 Å². The topological polar surface area (TPSA) is 84.5 Å². The molecule has 29 heavy (non-hydrogen) atoms. The smallest absolute Gasteiger partial charge is 0.331 e. The van der Waals surface area contributed by atoms with E-state index in [1.807, 2.05) is 0 Å². The van der Waals surface area contributed by atoms with Gasteiger partial charge in [0.15, 0.2) is 6.61 Å². The number of benzene rings is 1. The highest BCUT2D eigenvalue weighted by Gasteiger charge is 2.51. The Balaban J connectivity index is 1.21. The molecule has 2 N–H and O–H groups in total. The van der Waals surface area contributed by atoms with E-state index in [0.717, 1.165) is 25.3 Å². The summed E-state index contributed by atoms with van der Waals surface area (Å²) in [7, 11) is 0. The third-order valence-electron chi connectivity index (χ3n) is 6.28. The fraction of sp³-hybridized carbons (Fsp3) is 0.500. The summed E-state index contributed by atoms with van der Waals surface area (Å²) in [6.45, 7) is -0.555. The zero-order chi connectivity index (χ0) is 20.4. The summed E-state index contributed by atoms with van der Waals surface area (Å²) in [6, 6.07) is 5.20. The lowest BCUT2D eigenvalue weighted by atomic mass is 9.53. The van der Waals surface area contributed by atoms with Crippen LogP contribution >= 0.6 is 0 Å². The maximum atomic E-state index is 13.1. The van der Waals surface area contributed by atoms with Crippen molar-refractivity contribution in [1.29, 1.82) is 0 Å². The third kappa shape index (κ3) is 4.83. The van der Waals surface area contributed by atoms with Gasteiger partial charge in [0.25, 0.3) is 5.91 Å². The van der Waals surface area contributed by atoms with Crippen molar-refractivity contribution in [3.63, 3.8) is 0 Å². The van der Waals surface area contributed by atoms with Gasteiger partial charge in [0.05, 0.1) is 0 Å². The molecular weight excluding hydrogens is 375 g/mol. The Morgan fingerprint density at radius 3 is 2.38 bits per heavy atom. The van der Waals surface area contributed by atoms with E-state index in [4.69, 9.17) is 4.74 Å². The first-order valence-corrected chi connectivity index (χ1v) is 10.1. The Labute approximate surface area is 168 Å². The van der Waals surface area contributed by atoms with E-state index >= 15 is 0 Å². The van der Waals surface area contributed by atoms with Crippen LogP contribution in [0.2, 0.25) is 0 Å². The number of hydrogen-bond acceptors (Lipinski definition) is 4. The predicted molar refractivity (Wildman–Crippen MR) is 104 cm³/mol. The van der Waals surface area contributed by atoms with Crippen LogP contribution in [0.25, 0.3) is 6.08 Å². The van der Waals surface area contributed by atoms with Crippen LogP contribution in [0.1, 0.15) is 44.1 Å². The molecule has 0 spiro atoms. The number of nitrogens with one attached hydrogen (secondary N) is 2. The SMILES string of the molecule is O=C(COC(=O)/C=C/c1cccc(F)c1)NC(=O)NC12CC3CC(CC(C3)C1)C2. The van der Waals surface area contributed by atoms with Crippen LogP contribution in [0.3, 0.4) is 0 Å². The minimum atomic E-state index is -0.745. The first-order chi connectivity index (χ1) is 13.9. The highest BCUT2D eigenvalue weighted by Crippen LogP contribution is 2.55. The molecule has 4 aliphatic carbocycles. The lowest BCUT2D eigenvalue weighted by Crippen LogP contribution is -2.62. The molecule has 4 fully saturated rings. The fourth-order valence-corrected chi connectivity index (χ4v) is 5.66. The van der Waals surface area contributed by atoms with E-state index < -0.39 is 30.3 Å². The molecule has 154 valence electrons. The van der Waals surface area contributed by atoms with Gasteiger partial charge in [-0.05, 0) is 80.1 Å². The summed E-state index contributed by atoms with van der Waals surface area (Å²) < 4.78 is 17.9. The number of halogens is 1. The van der Waals surface area contributed by atoms with E-state index in [1.165, 1.54) is 43.5 Å². The zero-order valence-electron chi connectivity index (χ0n) is 16.2.